The molecule has 4 heterocycles. The lowest BCUT2D eigenvalue weighted by atomic mass is 9.87. The maximum absolute atomic E-state index is 14.8. The molecule has 1 spiro atoms. The highest BCUT2D eigenvalue weighted by atomic mass is 32.2. The van der Waals surface area contributed by atoms with Crippen LogP contribution in [0.2, 0.25) is 0 Å². The summed E-state index contributed by atoms with van der Waals surface area (Å²) in [6, 6.07) is 1.91. The topological polar surface area (TPSA) is 192 Å². The van der Waals surface area contributed by atoms with Crippen LogP contribution >= 0.6 is 0 Å². The fourth-order valence-corrected chi connectivity index (χ4v) is 10.3. The third-order valence-corrected chi connectivity index (χ3v) is 14.3. The van der Waals surface area contributed by atoms with Crippen molar-refractivity contribution in [2.75, 3.05) is 27.4 Å². The van der Waals surface area contributed by atoms with Gasteiger partial charge in [-0.15, -0.1) is 0 Å². The van der Waals surface area contributed by atoms with Crippen LogP contribution in [0.1, 0.15) is 96.2 Å². The quantitative estimate of drug-likeness (QED) is 0.323. The normalized spacial score (nSPS) is 28.5. The van der Waals surface area contributed by atoms with Gasteiger partial charge in [0.2, 0.25) is 21.8 Å². The minimum absolute atomic E-state index is 0.0564. The number of rotatable bonds is 7. The highest BCUT2D eigenvalue weighted by Gasteiger charge is 2.64. The van der Waals surface area contributed by atoms with Crippen molar-refractivity contribution in [3.8, 4) is 11.5 Å². The Hall–Kier alpha value is -4.65. The van der Waals surface area contributed by atoms with Crippen LogP contribution in [-0.4, -0.2) is 103 Å². The largest absolute Gasteiger partial charge is 0.497 e. The highest BCUT2D eigenvalue weighted by molar-refractivity contribution is 7.91. The van der Waals surface area contributed by atoms with Gasteiger partial charge in [-0.1, -0.05) is 25.0 Å². The lowest BCUT2D eigenvalue weighted by Gasteiger charge is -2.37. The van der Waals surface area contributed by atoms with Crippen LogP contribution in [0.4, 0.5) is 18.0 Å². The smallest absolute Gasteiger partial charge is 0.437 e. The number of methoxy groups -OCH3 is 2. The molecule has 5 atom stereocenters. The van der Waals surface area contributed by atoms with Crippen LogP contribution < -0.4 is 24.8 Å². The van der Waals surface area contributed by atoms with Crippen LogP contribution in [0.25, 0.3) is 10.9 Å². The summed E-state index contributed by atoms with van der Waals surface area (Å²) in [7, 11) is -1.45. The van der Waals surface area contributed by atoms with Crippen molar-refractivity contribution in [2.45, 2.75) is 131 Å². The molecule has 2 saturated carbocycles. The first-order valence-corrected chi connectivity index (χ1v) is 21.8. The predicted octanol–water partition coefficient (Wildman–Crippen LogP) is 4.84. The Kier molecular flexibility index (Phi) is 11.3. The van der Waals surface area contributed by atoms with E-state index in [-0.39, 0.29) is 69.2 Å². The zero-order chi connectivity index (χ0) is 43.5. The molecule has 15 nitrogen and oxygen atoms in total. The summed E-state index contributed by atoms with van der Waals surface area (Å²) in [6.45, 7) is 4.51. The fourth-order valence-electron chi connectivity index (χ4n) is 8.71. The fraction of sp³-hybridized carbons (Fsp3) is 0.634. The average molecular weight is 864 g/mol. The lowest BCUT2D eigenvalue weighted by molar-refractivity contribution is -0.144. The minimum atomic E-state index is -4.94. The second-order valence-electron chi connectivity index (χ2n) is 17.7. The Labute approximate surface area is 346 Å². The van der Waals surface area contributed by atoms with Crippen molar-refractivity contribution < 1.29 is 59.7 Å². The van der Waals surface area contributed by atoms with Gasteiger partial charge in [-0.2, -0.15) is 13.2 Å². The molecule has 3 aliphatic heterocycles. The molecule has 0 unspecified atom stereocenters. The number of alkyl halides is 3. The number of ether oxygens (including phenoxy) is 4. The first-order chi connectivity index (χ1) is 28.2. The third-order valence-electron chi connectivity index (χ3n) is 12.2. The lowest BCUT2D eigenvalue weighted by Crippen LogP contribution is -2.59. The van der Waals surface area contributed by atoms with Crippen molar-refractivity contribution in [3.63, 3.8) is 0 Å². The number of fused-ring (bicyclic) bond motifs is 5. The SMILES string of the molecule is COCC1(S(=O)(=O)NC(=O)[C@@]23C[C@@H]2/C=C\CCCCC[C@H](NC(=O)OC(C)(C)C)C(=O)N2C[C@@]4(CCc5c(c(C(F)(F)F)nc6ccc(OC)cc56)O4)C[C@H]2C(=O)N3)CC1. The summed E-state index contributed by atoms with van der Waals surface area (Å²) < 4.78 is 94.6. The first kappa shape index (κ1) is 43.4. The number of nitrogens with zero attached hydrogens (tertiary/aromatic N) is 2. The Morgan fingerprint density at radius 2 is 1.82 bits per heavy atom. The first-order valence-electron chi connectivity index (χ1n) is 20.3. The Morgan fingerprint density at radius 3 is 2.48 bits per heavy atom. The summed E-state index contributed by atoms with van der Waals surface area (Å²) in [5.74, 6) is -3.19. The zero-order valence-corrected chi connectivity index (χ0v) is 35.1. The van der Waals surface area contributed by atoms with Crippen molar-refractivity contribution in [3.05, 3.63) is 41.6 Å². The van der Waals surface area contributed by atoms with E-state index in [2.05, 4.69) is 20.3 Å². The van der Waals surface area contributed by atoms with Crippen molar-refractivity contribution in [1.82, 2.24) is 25.2 Å². The second kappa shape index (κ2) is 15.7. The number of aryl methyl sites for hydroxylation is 1. The number of halogens is 3. The van der Waals surface area contributed by atoms with Gasteiger partial charge in [0.05, 0.1) is 25.8 Å². The van der Waals surface area contributed by atoms with Crippen molar-refractivity contribution in [2.24, 2.45) is 5.92 Å². The van der Waals surface area contributed by atoms with E-state index in [4.69, 9.17) is 18.9 Å². The van der Waals surface area contributed by atoms with Gasteiger partial charge in [-0.25, -0.2) is 18.2 Å². The molecule has 1 saturated heterocycles. The number of carbonyl (C=O) groups is 4. The van der Waals surface area contributed by atoms with Crippen LogP contribution in [0.5, 0.6) is 11.5 Å². The van der Waals surface area contributed by atoms with Crippen molar-refractivity contribution >= 4 is 44.7 Å². The number of pyridine rings is 1. The molecule has 7 rings (SSSR count). The Bertz CT molecular complexity index is 2210. The molecule has 19 heteroatoms. The number of benzene rings is 1. The van der Waals surface area contributed by atoms with Gasteiger partial charge in [0, 0.05) is 30.4 Å². The van der Waals surface area contributed by atoms with Crippen LogP contribution in [-0.2, 0) is 46.5 Å². The van der Waals surface area contributed by atoms with E-state index in [1.54, 1.807) is 32.9 Å². The summed E-state index contributed by atoms with van der Waals surface area (Å²) in [4.78, 5) is 61.8. The summed E-state index contributed by atoms with van der Waals surface area (Å²) in [6.07, 6.45) is 0.895. The van der Waals surface area contributed by atoms with Crippen LogP contribution in [0.15, 0.2) is 30.4 Å². The van der Waals surface area contributed by atoms with E-state index >= 15 is 0 Å². The maximum Gasteiger partial charge on any atom is 0.437 e. The second-order valence-corrected chi connectivity index (χ2v) is 19.8. The van der Waals surface area contributed by atoms with Crippen LogP contribution in [0.3, 0.4) is 0 Å². The number of hydrogen-bond donors (Lipinski definition) is 3. The van der Waals surface area contributed by atoms with E-state index < -0.39 is 90.9 Å². The summed E-state index contributed by atoms with van der Waals surface area (Å²) in [5.41, 5.74) is -5.10. The molecule has 3 N–H and O–H groups in total. The third kappa shape index (κ3) is 8.47. The molecule has 2 aromatic rings. The maximum atomic E-state index is 14.8. The van der Waals surface area contributed by atoms with E-state index in [0.29, 0.717) is 36.8 Å². The molecule has 0 radical (unpaired) electrons. The molecular formula is C41H52F3N5O10S. The predicted molar refractivity (Wildman–Crippen MR) is 210 cm³/mol. The van der Waals surface area contributed by atoms with Gasteiger partial charge in [-0.3, -0.25) is 19.1 Å². The highest BCUT2D eigenvalue weighted by Crippen LogP contribution is 2.51. The van der Waals surface area contributed by atoms with Gasteiger partial charge in [0.1, 0.15) is 39.3 Å². The molecule has 328 valence electrons. The Balaban J connectivity index is 1.27. The standard InChI is InChI=1S/C41H52F3N5O10S/c1-37(2,3)59-36(53)46-29-12-10-8-6-7-9-11-24-20-40(24,35(52)48-60(54,55)39(17-18-39)23-56-4)47-33(50)30-21-38(22-49(30)34(29)51)16-15-26-27-19-25(57-5)13-14-28(27)45-32(31(26)58-38)41(42,43)44/h9,11,13-14,19,24,29-30H,6-8,10,12,15-18,20-23H2,1-5H3,(H,46,53)(H,47,50)(H,48,52)/b11-9-/t24-,29-,30-,38+,40+/m0/s1. The number of sulfonamides is 1. The number of alkyl carbamates (subject to hydrolysis) is 1. The van der Waals surface area contributed by atoms with E-state index in [0.717, 1.165) is 0 Å². The van der Waals surface area contributed by atoms with E-state index in [1.165, 1.54) is 31.3 Å². The van der Waals surface area contributed by atoms with E-state index in [9.17, 15) is 40.8 Å². The zero-order valence-electron chi connectivity index (χ0n) is 34.3. The number of aromatic nitrogens is 1. The molecular weight excluding hydrogens is 812 g/mol. The molecule has 60 heavy (non-hydrogen) atoms. The van der Waals surface area contributed by atoms with Crippen molar-refractivity contribution in [1.29, 1.82) is 0 Å². The Morgan fingerprint density at radius 1 is 1.07 bits per heavy atom. The van der Waals surface area contributed by atoms with Gasteiger partial charge in [-0.05, 0) is 90.3 Å². The van der Waals surface area contributed by atoms with Crippen LogP contribution in [0, 0.1) is 5.92 Å². The molecule has 2 aliphatic carbocycles. The van der Waals surface area contributed by atoms with Gasteiger partial charge >= 0.3 is 12.3 Å². The molecule has 1 aromatic heterocycles. The molecule has 1 aromatic carbocycles. The van der Waals surface area contributed by atoms with Gasteiger partial charge < -0.3 is 34.5 Å². The molecule has 5 aliphatic rings. The monoisotopic (exact) mass is 863 g/mol. The summed E-state index contributed by atoms with van der Waals surface area (Å²) >= 11 is 0. The number of hydrogen-bond acceptors (Lipinski definition) is 11. The molecule has 4 amide bonds. The number of allylic oxidation sites excluding steroid dienone is 1. The van der Waals surface area contributed by atoms with Gasteiger partial charge in [0.25, 0.3) is 5.91 Å². The average Bonchev–Trinajstić information content (AvgIpc) is 4.07. The molecule has 0 bridgehead atoms. The summed E-state index contributed by atoms with van der Waals surface area (Å²) in [5, 5.41) is 5.84. The number of nitrogens with one attached hydrogen (secondary N) is 3. The minimum Gasteiger partial charge on any atom is -0.497 e. The number of carbonyl (C=O) groups excluding carboxylic acids is 4. The molecule has 3 fully saturated rings. The number of amides is 4. The van der Waals surface area contributed by atoms with E-state index in [1.807, 2.05) is 6.08 Å². The van der Waals surface area contributed by atoms with Gasteiger partial charge in [0.15, 0.2) is 11.4 Å².